The van der Waals surface area contributed by atoms with E-state index in [2.05, 4.69) is 24.3 Å². The molecule has 0 fully saturated rings. The van der Waals surface area contributed by atoms with Gasteiger partial charge in [-0.1, -0.05) is 55.3 Å². The summed E-state index contributed by atoms with van der Waals surface area (Å²) in [6, 6.07) is 16.4. The molecule has 0 aliphatic rings. The van der Waals surface area contributed by atoms with Crippen molar-refractivity contribution in [3.63, 3.8) is 0 Å². The second-order valence-electron chi connectivity index (χ2n) is 7.16. The number of carboxylic acid groups (broad SMARTS) is 2. The molecule has 0 amide bonds. The van der Waals surface area contributed by atoms with Crippen molar-refractivity contribution in [3.8, 4) is 5.75 Å². The van der Waals surface area contributed by atoms with E-state index in [0.29, 0.717) is 5.75 Å². The summed E-state index contributed by atoms with van der Waals surface area (Å²) in [6.45, 7) is 0. The van der Waals surface area contributed by atoms with Crippen LogP contribution in [0.5, 0.6) is 5.75 Å². The molecule has 0 aliphatic heterocycles. The van der Waals surface area contributed by atoms with Crippen LogP contribution in [-0.4, -0.2) is 34.3 Å². The summed E-state index contributed by atoms with van der Waals surface area (Å²) in [7, 11) is 0. The Hall–Kier alpha value is -2.86. The predicted molar refractivity (Wildman–Crippen MR) is 111 cm³/mol. The number of rotatable bonds is 13. The van der Waals surface area contributed by atoms with Gasteiger partial charge in [-0.3, -0.25) is 9.59 Å². The Labute approximate surface area is 171 Å². The van der Waals surface area contributed by atoms with Crippen LogP contribution in [0.25, 0.3) is 0 Å². The molecule has 2 atom stereocenters. The molecule has 0 aromatic heterocycles. The lowest BCUT2D eigenvalue weighted by Crippen LogP contribution is -2.46. The van der Waals surface area contributed by atoms with Gasteiger partial charge in [-0.2, -0.15) is 0 Å². The van der Waals surface area contributed by atoms with Gasteiger partial charge in [0.2, 0.25) is 0 Å². The molecule has 2 aromatic rings. The van der Waals surface area contributed by atoms with Crippen molar-refractivity contribution in [3.05, 3.63) is 65.7 Å². The molecule has 0 aliphatic carbocycles. The van der Waals surface area contributed by atoms with Crippen LogP contribution >= 0.6 is 0 Å². The smallest absolute Gasteiger partial charge is 0.324 e. The minimum absolute atomic E-state index is 0.416. The Morgan fingerprint density at radius 1 is 0.828 bits per heavy atom. The fourth-order valence-electron chi connectivity index (χ4n) is 3.14. The van der Waals surface area contributed by atoms with Gasteiger partial charge in [0.25, 0.3) is 0 Å². The molecule has 6 heteroatoms. The van der Waals surface area contributed by atoms with Crippen LogP contribution in [0.2, 0.25) is 0 Å². The number of aliphatic carboxylic acids is 2. The second-order valence-corrected chi connectivity index (χ2v) is 7.16. The van der Waals surface area contributed by atoms with Crippen molar-refractivity contribution in [2.24, 2.45) is 5.73 Å². The molecule has 156 valence electrons. The van der Waals surface area contributed by atoms with Crippen LogP contribution in [0.15, 0.2) is 54.6 Å². The van der Waals surface area contributed by atoms with Crippen LogP contribution in [0.1, 0.15) is 43.2 Å². The molecule has 0 saturated carbocycles. The van der Waals surface area contributed by atoms with E-state index in [9.17, 15) is 9.59 Å². The minimum atomic E-state index is -1.40. The Kier molecular flexibility index (Phi) is 9.18. The third kappa shape index (κ3) is 8.35. The van der Waals surface area contributed by atoms with E-state index >= 15 is 0 Å². The number of hydrogen-bond donors (Lipinski definition) is 3. The average molecular weight is 399 g/mol. The summed E-state index contributed by atoms with van der Waals surface area (Å²) >= 11 is 0. The van der Waals surface area contributed by atoms with Gasteiger partial charge < -0.3 is 20.7 Å². The van der Waals surface area contributed by atoms with Crippen LogP contribution in [0.3, 0.4) is 0 Å². The van der Waals surface area contributed by atoms with Crippen molar-refractivity contribution in [1.29, 1.82) is 0 Å². The summed E-state index contributed by atoms with van der Waals surface area (Å²) in [6.07, 6.45) is 5.12. The van der Waals surface area contributed by atoms with Crippen molar-refractivity contribution >= 4 is 11.9 Å². The van der Waals surface area contributed by atoms with Crippen molar-refractivity contribution in [1.82, 2.24) is 0 Å². The maximum Gasteiger partial charge on any atom is 0.324 e. The molecular weight excluding hydrogens is 370 g/mol. The van der Waals surface area contributed by atoms with Gasteiger partial charge >= 0.3 is 11.9 Å². The van der Waals surface area contributed by atoms with Gasteiger partial charge in [0.15, 0.2) is 0 Å². The van der Waals surface area contributed by atoms with Gasteiger partial charge in [0.1, 0.15) is 17.9 Å². The van der Waals surface area contributed by atoms with Crippen LogP contribution in [0, 0.1) is 0 Å². The van der Waals surface area contributed by atoms with Gasteiger partial charge in [-0.15, -0.1) is 0 Å². The quantitative estimate of drug-likeness (QED) is 0.443. The number of aryl methyl sites for hydroxylation is 2. The van der Waals surface area contributed by atoms with Gasteiger partial charge in [0, 0.05) is 0 Å². The van der Waals surface area contributed by atoms with E-state index in [-0.39, 0.29) is 0 Å². The summed E-state index contributed by atoms with van der Waals surface area (Å²) in [4.78, 5) is 22.0. The first kappa shape index (κ1) is 22.4. The summed E-state index contributed by atoms with van der Waals surface area (Å²) < 4.78 is 5.52. The Bertz CT molecular complexity index is 761. The molecule has 0 radical (unpaired) electrons. The fraction of sp³-hybridized carbons (Fsp3) is 0.391. The monoisotopic (exact) mass is 399 g/mol. The third-order valence-corrected chi connectivity index (χ3v) is 4.80. The molecule has 0 spiro atoms. The lowest BCUT2D eigenvalue weighted by atomic mass is 10.0. The molecule has 2 rings (SSSR count). The molecule has 2 aromatic carbocycles. The Balaban J connectivity index is 1.73. The minimum Gasteiger partial charge on any atom is -0.488 e. The molecule has 0 bridgehead atoms. The number of unbranched alkanes of at least 4 members (excludes halogenated alkanes) is 3. The Morgan fingerprint density at radius 2 is 1.38 bits per heavy atom. The predicted octanol–water partition coefficient (Wildman–Crippen LogP) is 3.67. The molecule has 29 heavy (non-hydrogen) atoms. The number of hydrogen-bond acceptors (Lipinski definition) is 4. The van der Waals surface area contributed by atoms with Gasteiger partial charge in [-0.05, 0) is 48.9 Å². The first-order chi connectivity index (χ1) is 14.0. The number of nitrogens with two attached hydrogens (primary N) is 1. The summed E-state index contributed by atoms with van der Waals surface area (Å²) in [5.41, 5.74) is 8.09. The van der Waals surface area contributed by atoms with Crippen molar-refractivity contribution < 1.29 is 24.5 Å². The van der Waals surface area contributed by atoms with Crippen molar-refractivity contribution in [2.75, 3.05) is 0 Å². The lowest BCUT2D eigenvalue weighted by Gasteiger charge is -2.21. The summed E-state index contributed by atoms with van der Waals surface area (Å²) in [5.74, 6) is -2.03. The van der Waals surface area contributed by atoms with E-state index in [1.54, 1.807) is 12.1 Å². The molecule has 4 N–H and O–H groups in total. The molecular formula is C23H29NO5. The highest BCUT2D eigenvalue weighted by Crippen LogP contribution is 2.18. The third-order valence-electron chi connectivity index (χ3n) is 4.80. The fourth-order valence-corrected chi connectivity index (χ4v) is 3.14. The zero-order valence-corrected chi connectivity index (χ0v) is 16.5. The zero-order valence-electron chi connectivity index (χ0n) is 16.5. The van der Waals surface area contributed by atoms with E-state index < -0.39 is 30.5 Å². The highest BCUT2D eigenvalue weighted by atomic mass is 16.5. The van der Waals surface area contributed by atoms with Crippen molar-refractivity contribution in [2.45, 2.75) is 57.1 Å². The molecule has 0 heterocycles. The van der Waals surface area contributed by atoms with Crippen LogP contribution in [0.4, 0.5) is 0 Å². The zero-order chi connectivity index (χ0) is 21.1. The highest BCUT2D eigenvalue weighted by molar-refractivity contribution is 5.76. The van der Waals surface area contributed by atoms with Crippen LogP contribution in [-0.2, 0) is 22.4 Å². The average Bonchev–Trinajstić information content (AvgIpc) is 2.71. The van der Waals surface area contributed by atoms with E-state index in [4.69, 9.17) is 20.7 Å². The maximum absolute atomic E-state index is 11.0. The SMILES string of the molecule is N[C@H](C(=O)O)C(CC(=O)O)Oc1ccc(CCCCCCc2ccccc2)cc1. The van der Waals surface area contributed by atoms with Gasteiger partial charge in [-0.25, -0.2) is 0 Å². The maximum atomic E-state index is 11.0. The largest absolute Gasteiger partial charge is 0.488 e. The molecule has 1 unspecified atom stereocenters. The Morgan fingerprint density at radius 3 is 1.90 bits per heavy atom. The summed E-state index contributed by atoms with van der Waals surface area (Å²) in [5, 5.41) is 17.9. The number of benzene rings is 2. The lowest BCUT2D eigenvalue weighted by molar-refractivity contribution is -0.143. The number of carboxylic acids is 2. The van der Waals surface area contributed by atoms with E-state index in [0.717, 1.165) is 24.8 Å². The number of carbonyl (C=O) groups is 2. The normalized spacial score (nSPS) is 12.9. The second kappa shape index (κ2) is 11.9. The number of ether oxygens (including phenoxy) is 1. The van der Waals surface area contributed by atoms with Crippen LogP contribution < -0.4 is 10.5 Å². The first-order valence-corrected chi connectivity index (χ1v) is 9.95. The topological polar surface area (TPSA) is 110 Å². The van der Waals surface area contributed by atoms with E-state index in [1.807, 2.05) is 18.2 Å². The highest BCUT2D eigenvalue weighted by Gasteiger charge is 2.28. The molecule has 0 saturated heterocycles. The van der Waals surface area contributed by atoms with E-state index in [1.165, 1.54) is 24.8 Å². The first-order valence-electron chi connectivity index (χ1n) is 9.95. The standard InChI is InChI=1S/C23H29NO5/c24-22(23(27)28)20(16-21(25)26)29-19-14-12-18(13-15-19)11-5-2-1-4-8-17-9-6-3-7-10-17/h3,6-7,9-10,12-15,20,22H,1-2,4-5,8,11,16,24H2,(H,25,26)(H,27,28)/t20?,22-/m0/s1. The van der Waals surface area contributed by atoms with Gasteiger partial charge in [0.05, 0.1) is 6.42 Å². The molecule has 6 nitrogen and oxygen atoms in total.